The minimum absolute atomic E-state index is 0.152. The molecule has 0 unspecified atom stereocenters. The van der Waals surface area contributed by atoms with Crippen molar-refractivity contribution in [3.63, 3.8) is 0 Å². The maximum absolute atomic E-state index is 11.5. The highest BCUT2D eigenvalue weighted by atomic mass is 32.2. The van der Waals surface area contributed by atoms with Crippen molar-refractivity contribution in [1.82, 2.24) is 9.88 Å². The average Bonchev–Trinajstić information content (AvgIpc) is 2.65. The normalized spacial score (nSPS) is 17.7. The van der Waals surface area contributed by atoms with Crippen LogP contribution in [0.1, 0.15) is 16.7 Å². The van der Waals surface area contributed by atoms with E-state index in [1.165, 1.54) is 18.9 Å². The molecule has 0 saturated carbocycles. The van der Waals surface area contributed by atoms with E-state index in [9.17, 15) is 10.1 Å². The molecule has 25 heavy (non-hydrogen) atoms. The number of thioether (sulfide) groups is 1. The predicted molar refractivity (Wildman–Crippen MR) is 94.8 cm³/mol. The van der Waals surface area contributed by atoms with Gasteiger partial charge in [0.05, 0.1) is 31.6 Å². The molecule has 0 bridgehead atoms. The van der Waals surface area contributed by atoms with Crippen molar-refractivity contribution in [2.75, 3.05) is 57.7 Å². The van der Waals surface area contributed by atoms with Gasteiger partial charge in [-0.1, -0.05) is 11.8 Å². The number of rotatable bonds is 4. The van der Waals surface area contributed by atoms with Gasteiger partial charge in [-0.05, 0) is 19.0 Å². The molecule has 1 aromatic heterocycles. The van der Waals surface area contributed by atoms with Gasteiger partial charge in [-0.15, -0.1) is 0 Å². The fraction of sp³-hybridized carbons (Fsp3) is 0.588. The summed E-state index contributed by atoms with van der Waals surface area (Å²) in [7, 11) is 3.45. The Kier molecular flexibility index (Phi) is 5.78. The molecule has 0 amide bonds. The van der Waals surface area contributed by atoms with Gasteiger partial charge in [-0.25, -0.2) is 4.98 Å². The smallest absolute Gasteiger partial charge is 0.316 e. The molecule has 1 fully saturated rings. The van der Waals surface area contributed by atoms with Crippen LogP contribution in [0, 0.1) is 11.3 Å². The van der Waals surface area contributed by atoms with Crippen molar-refractivity contribution in [2.24, 2.45) is 0 Å². The maximum atomic E-state index is 11.5. The number of pyridine rings is 1. The molecule has 0 spiro atoms. The van der Waals surface area contributed by atoms with Gasteiger partial charge in [0.25, 0.3) is 0 Å². The summed E-state index contributed by atoms with van der Waals surface area (Å²) in [5.41, 5.74) is 2.81. The van der Waals surface area contributed by atoms with Gasteiger partial charge in [0.2, 0.25) is 0 Å². The molecular formula is C17H22N4O3S. The average molecular weight is 362 g/mol. The summed E-state index contributed by atoms with van der Waals surface area (Å²) in [6.45, 7) is 4.63. The Morgan fingerprint density at radius 2 is 2.12 bits per heavy atom. The summed E-state index contributed by atoms with van der Waals surface area (Å²) in [5, 5.41) is 10.3. The number of nitriles is 1. The number of carbonyl (C=O) groups excluding carboxylic acids is 1. The number of morpholine rings is 1. The molecule has 7 nitrogen and oxygen atoms in total. The van der Waals surface area contributed by atoms with E-state index in [4.69, 9.17) is 14.5 Å². The van der Waals surface area contributed by atoms with Gasteiger partial charge in [-0.2, -0.15) is 5.26 Å². The number of likely N-dealkylation sites (N-methyl/N-ethyl adjacent to an activating group) is 1. The van der Waals surface area contributed by atoms with E-state index >= 15 is 0 Å². The third-order valence-corrected chi connectivity index (χ3v) is 5.45. The maximum Gasteiger partial charge on any atom is 0.316 e. The second-order valence-electron chi connectivity index (χ2n) is 6.14. The lowest BCUT2D eigenvalue weighted by Gasteiger charge is -2.34. The minimum Gasteiger partial charge on any atom is -0.468 e. The van der Waals surface area contributed by atoms with Gasteiger partial charge >= 0.3 is 5.97 Å². The number of carbonyl (C=O) groups is 1. The minimum atomic E-state index is -0.318. The van der Waals surface area contributed by atoms with Crippen molar-refractivity contribution in [3.05, 3.63) is 16.7 Å². The summed E-state index contributed by atoms with van der Waals surface area (Å²) in [5.74, 6) is 0.761. The van der Waals surface area contributed by atoms with Crippen LogP contribution in [0.25, 0.3) is 0 Å². The summed E-state index contributed by atoms with van der Waals surface area (Å²) in [6, 6.07) is 2.31. The van der Waals surface area contributed by atoms with Crippen LogP contribution in [0.3, 0.4) is 0 Å². The lowest BCUT2D eigenvalue weighted by molar-refractivity contribution is -0.137. The van der Waals surface area contributed by atoms with Crippen molar-refractivity contribution in [2.45, 2.75) is 18.0 Å². The Hall–Kier alpha value is -1.82. The van der Waals surface area contributed by atoms with E-state index in [2.05, 4.69) is 22.9 Å². The van der Waals surface area contributed by atoms with Crippen LogP contribution in [0.2, 0.25) is 0 Å². The topological polar surface area (TPSA) is 78.7 Å². The highest BCUT2D eigenvalue weighted by molar-refractivity contribution is 7.99. The summed E-state index contributed by atoms with van der Waals surface area (Å²) in [6.07, 6.45) is 0.820. The molecule has 0 aliphatic carbocycles. The molecule has 0 radical (unpaired) electrons. The van der Waals surface area contributed by atoms with Crippen LogP contribution in [-0.2, 0) is 27.2 Å². The summed E-state index contributed by atoms with van der Waals surface area (Å²) < 4.78 is 10.2. The number of hydrogen-bond donors (Lipinski definition) is 0. The summed E-state index contributed by atoms with van der Waals surface area (Å²) >= 11 is 1.28. The zero-order valence-electron chi connectivity index (χ0n) is 14.6. The highest BCUT2D eigenvalue weighted by Crippen LogP contribution is 2.35. The molecule has 0 atom stereocenters. The number of methoxy groups -OCH3 is 1. The molecule has 3 rings (SSSR count). The molecular weight excluding hydrogens is 340 g/mol. The first kappa shape index (κ1) is 18.0. The Morgan fingerprint density at radius 1 is 1.36 bits per heavy atom. The molecule has 0 N–H and O–H groups in total. The van der Waals surface area contributed by atoms with E-state index in [1.54, 1.807) is 0 Å². The number of esters is 1. The number of hydrogen-bond acceptors (Lipinski definition) is 8. The quantitative estimate of drug-likeness (QED) is 0.581. The van der Waals surface area contributed by atoms with E-state index in [1.807, 2.05) is 0 Å². The second kappa shape index (κ2) is 8.04. The number of nitrogens with zero attached hydrogens (tertiary/aromatic N) is 4. The first-order chi connectivity index (χ1) is 12.1. The molecule has 3 heterocycles. The summed E-state index contributed by atoms with van der Waals surface area (Å²) in [4.78, 5) is 20.8. The van der Waals surface area contributed by atoms with Crippen molar-refractivity contribution >= 4 is 23.5 Å². The molecule has 0 aromatic carbocycles. The van der Waals surface area contributed by atoms with Gasteiger partial charge in [-0.3, -0.25) is 4.79 Å². The Morgan fingerprint density at radius 3 is 2.80 bits per heavy atom. The van der Waals surface area contributed by atoms with Crippen LogP contribution >= 0.6 is 11.8 Å². The number of anilines is 1. The third-order valence-electron chi connectivity index (χ3n) is 4.51. The van der Waals surface area contributed by atoms with E-state index in [0.717, 1.165) is 49.5 Å². The fourth-order valence-electron chi connectivity index (χ4n) is 3.17. The molecule has 8 heteroatoms. The lowest BCUT2D eigenvalue weighted by Crippen LogP contribution is -2.39. The van der Waals surface area contributed by atoms with Crippen LogP contribution in [0.4, 0.5) is 5.82 Å². The van der Waals surface area contributed by atoms with Crippen molar-refractivity contribution in [3.8, 4) is 6.07 Å². The van der Waals surface area contributed by atoms with E-state index in [0.29, 0.717) is 23.8 Å². The van der Waals surface area contributed by atoms with Crippen LogP contribution in [0.15, 0.2) is 5.03 Å². The largest absolute Gasteiger partial charge is 0.468 e. The van der Waals surface area contributed by atoms with Crippen molar-refractivity contribution < 1.29 is 14.3 Å². The Balaban J connectivity index is 2.03. The zero-order valence-corrected chi connectivity index (χ0v) is 15.4. The first-order valence-electron chi connectivity index (χ1n) is 8.30. The van der Waals surface area contributed by atoms with E-state index in [-0.39, 0.29) is 11.7 Å². The zero-order chi connectivity index (χ0) is 17.8. The third kappa shape index (κ3) is 3.89. The monoisotopic (exact) mass is 362 g/mol. The standard InChI is InChI=1S/C17H22N4O3S/c1-20-4-3-12-13(9-18)17(25-11-15(22)23-2)19-16(14(12)10-20)21-5-7-24-8-6-21/h3-8,10-11H2,1-2H3. The number of ether oxygens (including phenoxy) is 2. The van der Waals surface area contributed by atoms with Crippen LogP contribution in [0.5, 0.6) is 0 Å². The lowest BCUT2D eigenvalue weighted by atomic mass is 9.96. The molecule has 1 saturated heterocycles. The van der Waals surface area contributed by atoms with E-state index < -0.39 is 0 Å². The Labute approximate surface area is 151 Å². The predicted octanol–water partition coefficient (Wildman–Crippen LogP) is 1.04. The van der Waals surface area contributed by atoms with Gasteiger partial charge in [0.15, 0.2) is 0 Å². The SMILES string of the molecule is COC(=O)CSc1nc(N2CCOCC2)c2c(c1C#N)CCN(C)C2. The Bertz CT molecular complexity index is 698. The first-order valence-corrected chi connectivity index (χ1v) is 9.29. The second-order valence-corrected chi connectivity index (χ2v) is 7.10. The highest BCUT2D eigenvalue weighted by Gasteiger charge is 2.27. The number of aromatic nitrogens is 1. The van der Waals surface area contributed by atoms with Crippen molar-refractivity contribution in [1.29, 1.82) is 5.26 Å². The fourth-order valence-corrected chi connectivity index (χ4v) is 4.01. The molecule has 2 aliphatic rings. The van der Waals surface area contributed by atoms with Gasteiger partial charge < -0.3 is 19.3 Å². The van der Waals surface area contributed by atoms with Crippen LogP contribution < -0.4 is 4.90 Å². The van der Waals surface area contributed by atoms with Gasteiger partial charge in [0, 0.05) is 31.7 Å². The molecule has 2 aliphatic heterocycles. The van der Waals surface area contributed by atoms with Gasteiger partial charge in [0.1, 0.15) is 16.9 Å². The number of fused-ring (bicyclic) bond motifs is 1. The molecule has 1 aromatic rings. The van der Waals surface area contributed by atoms with Crippen LogP contribution in [-0.4, -0.2) is 68.6 Å². The molecule has 134 valence electrons.